The molecule has 5 heteroatoms. The van der Waals surface area contributed by atoms with E-state index in [1.54, 1.807) is 0 Å². The van der Waals surface area contributed by atoms with Crippen molar-refractivity contribution >= 4 is 11.6 Å². The van der Waals surface area contributed by atoms with Gasteiger partial charge in [0.25, 0.3) is 0 Å². The highest BCUT2D eigenvalue weighted by atomic mass is 35.5. The zero-order valence-electron chi connectivity index (χ0n) is 6.60. The second-order valence-electron chi connectivity index (χ2n) is 2.58. The normalized spacial score (nSPS) is 13.0. The Morgan fingerprint density at radius 2 is 1.92 bits per heavy atom. The minimum absolute atomic E-state index is 0.0143. The van der Waals surface area contributed by atoms with Crippen molar-refractivity contribution in [2.45, 2.75) is 6.04 Å². The fraction of sp³-hybridized carbons (Fsp3) is 0.250. The molecule has 0 saturated heterocycles. The number of hydrogen-bond acceptors (Lipinski definition) is 2. The highest BCUT2D eigenvalue weighted by Gasteiger charge is 2.13. The van der Waals surface area contributed by atoms with Crippen LogP contribution in [0.3, 0.4) is 0 Å². The van der Waals surface area contributed by atoms with Gasteiger partial charge in [-0.05, 0) is 17.7 Å². The molecule has 1 aromatic rings. The smallest absolute Gasteiger partial charge is 0.160 e. The summed E-state index contributed by atoms with van der Waals surface area (Å²) in [6, 6.07) is 0.933. The van der Waals surface area contributed by atoms with Crippen LogP contribution < -0.4 is 5.73 Å². The third kappa shape index (κ3) is 2.15. The Balaban J connectivity index is 3.15. The third-order valence-electron chi connectivity index (χ3n) is 1.64. The van der Waals surface area contributed by atoms with E-state index in [0.717, 1.165) is 12.1 Å². The lowest BCUT2D eigenvalue weighted by molar-refractivity contribution is 0.267. The molecular formula is C8H8ClF2NO. The molecule has 0 aliphatic heterocycles. The van der Waals surface area contributed by atoms with Gasteiger partial charge in [0.1, 0.15) is 0 Å². The van der Waals surface area contributed by atoms with Gasteiger partial charge in [0.2, 0.25) is 0 Å². The standard InChI is InChI=1S/C8H8ClF2NO/c9-5-2-7(11)6(10)1-4(5)8(12)3-13/h1-2,8,13H,3,12H2/t8-/m0/s1. The van der Waals surface area contributed by atoms with Crippen LogP contribution in [0.5, 0.6) is 0 Å². The van der Waals surface area contributed by atoms with Crippen molar-refractivity contribution in [2.75, 3.05) is 6.61 Å². The van der Waals surface area contributed by atoms with Crippen molar-refractivity contribution in [3.8, 4) is 0 Å². The summed E-state index contributed by atoms with van der Waals surface area (Å²) in [5.74, 6) is -2.05. The fourth-order valence-electron chi connectivity index (χ4n) is 0.920. The van der Waals surface area contributed by atoms with Crippen molar-refractivity contribution in [2.24, 2.45) is 5.73 Å². The topological polar surface area (TPSA) is 46.2 Å². The number of aliphatic hydroxyl groups excluding tert-OH is 1. The van der Waals surface area contributed by atoms with Gasteiger partial charge in [0.15, 0.2) is 11.6 Å². The number of nitrogens with two attached hydrogens (primary N) is 1. The number of rotatable bonds is 2. The summed E-state index contributed by atoms with van der Waals surface area (Å²) in [5.41, 5.74) is 5.59. The van der Waals surface area contributed by atoms with E-state index >= 15 is 0 Å². The lowest BCUT2D eigenvalue weighted by Gasteiger charge is -2.10. The van der Waals surface area contributed by atoms with E-state index < -0.39 is 17.7 Å². The van der Waals surface area contributed by atoms with Gasteiger partial charge in [0.05, 0.1) is 12.6 Å². The molecule has 0 bridgehead atoms. The third-order valence-corrected chi connectivity index (χ3v) is 1.96. The molecule has 0 fully saturated rings. The van der Waals surface area contributed by atoms with Crippen LogP contribution in [-0.2, 0) is 0 Å². The Bertz CT molecular complexity index is 319. The van der Waals surface area contributed by atoms with Gasteiger partial charge < -0.3 is 10.8 Å². The Labute approximate surface area is 78.9 Å². The molecule has 3 N–H and O–H groups in total. The molecule has 1 rings (SSSR count). The Kier molecular flexibility index (Phi) is 3.19. The van der Waals surface area contributed by atoms with E-state index in [1.807, 2.05) is 0 Å². The summed E-state index contributed by atoms with van der Waals surface area (Å²) in [6.45, 7) is -0.370. The van der Waals surface area contributed by atoms with Gasteiger partial charge in [-0.1, -0.05) is 11.6 Å². The summed E-state index contributed by atoms with van der Waals surface area (Å²) in [4.78, 5) is 0. The zero-order chi connectivity index (χ0) is 10.0. The van der Waals surface area contributed by atoms with Crippen LogP contribution in [0.4, 0.5) is 8.78 Å². The van der Waals surface area contributed by atoms with Gasteiger partial charge in [0, 0.05) is 5.02 Å². The van der Waals surface area contributed by atoms with Crippen LogP contribution in [0.15, 0.2) is 12.1 Å². The molecule has 0 saturated carbocycles. The molecule has 0 heterocycles. The molecule has 0 radical (unpaired) electrons. The first kappa shape index (κ1) is 10.4. The van der Waals surface area contributed by atoms with Gasteiger partial charge in [-0.2, -0.15) is 0 Å². The van der Waals surface area contributed by atoms with Gasteiger partial charge in [-0.15, -0.1) is 0 Å². The minimum Gasteiger partial charge on any atom is -0.394 e. The Hall–Kier alpha value is -0.710. The van der Waals surface area contributed by atoms with E-state index in [4.69, 9.17) is 22.4 Å². The summed E-state index contributed by atoms with van der Waals surface area (Å²) in [7, 11) is 0. The molecule has 0 spiro atoms. The number of halogens is 3. The second-order valence-corrected chi connectivity index (χ2v) is 2.98. The van der Waals surface area contributed by atoms with Crippen LogP contribution in [0.25, 0.3) is 0 Å². The van der Waals surface area contributed by atoms with Crippen LogP contribution in [0.1, 0.15) is 11.6 Å². The molecule has 0 aliphatic carbocycles. The predicted molar refractivity (Wildman–Crippen MR) is 45.4 cm³/mol. The Morgan fingerprint density at radius 1 is 1.38 bits per heavy atom. The van der Waals surface area contributed by atoms with Crippen LogP contribution in [-0.4, -0.2) is 11.7 Å². The van der Waals surface area contributed by atoms with Gasteiger partial charge in [-0.3, -0.25) is 0 Å². The largest absolute Gasteiger partial charge is 0.394 e. The molecule has 1 aromatic carbocycles. The van der Waals surface area contributed by atoms with Gasteiger partial charge >= 0.3 is 0 Å². The molecule has 1 atom stereocenters. The number of hydrogen-bond donors (Lipinski definition) is 2. The lowest BCUT2D eigenvalue weighted by Crippen LogP contribution is -2.15. The summed E-state index contributed by atoms with van der Waals surface area (Å²) >= 11 is 5.58. The monoisotopic (exact) mass is 207 g/mol. The molecular weight excluding hydrogens is 200 g/mol. The molecule has 0 amide bonds. The van der Waals surface area contributed by atoms with E-state index in [2.05, 4.69) is 0 Å². The van der Waals surface area contributed by atoms with Crippen molar-refractivity contribution in [3.05, 3.63) is 34.4 Å². The van der Waals surface area contributed by atoms with E-state index in [-0.39, 0.29) is 17.2 Å². The first-order valence-electron chi connectivity index (χ1n) is 3.57. The van der Waals surface area contributed by atoms with E-state index in [9.17, 15) is 8.78 Å². The first-order chi connectivity index (χ1) is 6.06. The summed E-state index contributed by atoms with van der Waals surface area (Å²) in [5, 5.41) is 8.69. The molecule has 0 aromatic heterocycles. The van der Waals surface area contributed by atoms with Crippen molar-refractivity contribution in [1.29, 1.82) is 0 Å². The van der Waals surface area contributed by atoms with E-state index in [1.165, 1.54) is 0 Å². The van der Waals surface area contributed by atoms with Crippen molar-refractivity contribution in [3.63, 3.8) is 0 Å². The van der Waals surface area contributed by atoms with E-state index in [0.29, 0.717) is 0 Å². The van der Waals surface area contributed by atoms with Crippen molar-refractivity contribution in [1.82, 2.24) is 0 Å². The lowest BCUT2D eigenvalue weighted by atomic mass is 10.1. The summed E-state index contributed by atoms with van der Waals surface area (Å²) in [6.07, 6.45) is 0. The van der Waals surface area contributed by atoms with Crippen LogP contribution in [0.2, 0.25) is 5.02 Å². The Morgan fingerprint density at radius 3 is 2.46 bits per heavy atom. The quantitative estimate of drug-likeness (QED) is 0.724. The van der Waals surface area contributed by atoms with Gasteiger partial charge in [-0.25, -0.2) is 8.78 Å². The molecule has 2 nitrogen and oxygen atoms in total. The molecule has 13 heavy (non-hydrogen) atoms. The molecule has 72 valence electrons. The number of aliphatic hydroxyl groups is 1. The molecule has 0 unspecified atom stereocenters. The van der Waals surface area contributed by atoms with Crippen LogP contribution in [0, 0.1) is 11.6 Å². The maximum atomic E-state index is 12.7. The van der Waals surface area contributed by atoms with Crippen LogP contribution >= 0.6 is 11.6 Å². The maximum Gasteiger partial charge on any atom is 0.160 e. The SMILES string of the molecule is N[C@@H](CO)c1cc(F)c(F)cc1Cl. The second kappa shape index (κ2) is 4.00. The van der Waals surface area contributed by atoms with Crippen molar-refractivity contribution < 1.29 is 13.9 Å². The fourth-order valence-corrected chi connectivity index (χ4v) is 1.21. The first-order valence-corrected chi connectivity index (χ1v) is 3.95. The summed E-state index contributed by atoms with van der Waals surface area (Å²) < 4.78 is 25.2. The number of benzene rings is 1. The maximum absolute atomic E-state index is 12.7. The predicted octanol–water partition coefficient (Wildman–Crippen LogP) is 1.61. The average Bonchev–Trinajstić information content (AvgIpc) is 2.10. The highest BCUT2D eigenvalue weighted by molar-refractivity contribution is 6.31. The average molecular weight is 208 g/mol. The molecule has 0 aliphatic rings. The minimum atomic E-state index is -1.03. The highest BCUT2D eigenvalue weighted by Crippen LogP contribution is 2.24. The zero-order valence-corrected chi connectivity index (χ0v) is 7.35.